The summed E-state index contributed by atoms with van der Waals surface area (Å²) in [7, 11) is 2.26. The second kappa shape index (κ2) is 4.88. The van der Waals surface area contributed by atoms with E-state index in [0.29, 0.717) is 0 Å². The Morgan fingerprint density at radius 2 is 1.72 bits per heavy atom. The molecule has 18 heavy (non-hydrogen) atoms. The predicted molar refractivity (Wildman–Crippen MR) is 80.7 cm³/mol. The summed E-state index contributed by atoms with van der Waals surface area (Å²) in [4.78, 5) is 2.51. The van der Waals surface area contributed by atoms with Crippen molar-refractivity contribution in [2.45, 2.75) is 84.3 Å². The van der Waals surface area contributed by atoms with E-state index in [1.807, 2.05) is 0 Å². The van der Waals surface area contributed by atoms with Crippen molar-refractivity contribution in [1.29, 1.82) is 0 Å². The van der Waals surface area contributed by atoms with Gasteiger partial charge in [0.1, 0.15) is 0 Å². The highest BCUT2D eigenvalue weighted by atomic mass is 15.2. The van der Waals surface area contributed by atoms with Gasteiger partial charge in [0, 0.05) is 35.8 Å². The van der Waals surface area contributed by atoms with Crippen LogP contribution in [0.5, 0.6) is 0 Å². The predicted octanol–water partition coefficient (Wildman–Crippen LogP) is 3.93. The van der Waals surface area contributed by atoms with Crippen LogP contribution in [0.2, 0.25) is 0 Å². The van der Waals surface area contributed by atoms with E-state index in [0.717, 1.165) is 6.42 Å². The van der Waals surface area contributed by atoms with Crippen LogP contribution in [0.1, 0.15) is 67.7 Å². The molecule has 1 aliphatic heterocycles. The molecule has 2 heteroatoms. The zero-order chi connectivity index (χ0) is 14.2. The van der Waals surface area contributed by atoms with Crippen molar-refractivity contribution >= 4 is 0 Å². The number of nitrogens with one attached hydrogen (secondary N) is 1. The van der Waals surface area contributed by atoms with Gasteiger partial charge in [-0.05, 0) is 53.5 Å². The van der Waals surface area contributed by atoms with Crippen LogP contribution in [0.3, 0.4) is 0 Å². The highest BCUT2D eigenvalue weighted by Crippen LogP contribution is 2.34. The zero-order valence-corrected chi connectivity index (χ0v) is 13.6. The van der Waals surface area contributed by atoms with E-state index in [9.17, 15) is 0 Å². The van der Waals surface area contributed by atoms with Crippen LogP contribution in [0, 0.1) is 0 Å². The van der Waals surface area contributed by atoms with Gasteiger partial charge in [-0.1, -0.05) is 13.8 Å². The minimum Gasteiger partial charge on any atom is -0.373 e. The lowest BCUT2D eigenvalue weighted by Crippen LogP contribution is -2.56. The largest absolute Gasteiger partial charge is 0.373 e. The highest BCUT2D eigenvalue weighted by molar-refractivity contribution is 5.21. The number of rotatable bonds is 4. The van der Waals surface area contributed by atoms with Crippen molar-refractivity contribution in [1.82, 2.24) is 10.2 Å². The maximum absolute atomic E-state index is 3.70. The molecule has 106 valence electrons. The molecular weight excluding hydrogens is 220 g/mol. The fourth-order valence-electron chi connectivity index (χ4n) is 3.16. The number of hydrogen-bond donors (Lipinski definition) is 1. The van der Waals surface area contributed by atoms with Crippen LogP contribution in [-0.4, -0.2) is 28.6 Å². The number of nitrogens with zero attached hydrogens (tertiary/aromatic N) is 1. The van der Waals surface area contributed by atoms with Crippen molar-refractivity contribution in [2.24, 2.45) is 0 Å². The molecule has 0 unspecified atom stereocenters. The monoisotopic (exact) mass is 252 g/mol. The molecule has 0 bridgehead atoms. The third kappa shape index (κ3) is 3.28. The standard InChI is InChI=1S/C16H32N2/c1-9-16(7,10-2)18(8)13-11-14(3,4)17-15(5,6)12-13/h11,17H,9-10,12H2,1-8H3. The summed E-state index contributed by atoms with van der Waals surface area (Å²) in [5.74, 6) is 0. The summed E-state index contributed by atoms with van der Waals surface area (Å²) in [5, 5.41) is 3.70. The van der Waals surface area contributed by atoms with Gasteiger partial charge in [0.2, 0.25) is 0 Å². The van der Waals surface area contributed by atoms with E-state index in [-0.39, 0.29) is 16.6 Å². The quantitative estimate of drug-likeness (QED) is 0.815. The Balaban J connectivity index is 3.05. The van der Waals surface area contributed by atoms with E-state index in [1.165, 1.54) is 18.5 Å². The Kier molecular flexibility index (Phi) is 4.22. The first kappa shape index (κ1) is 15.6. The Labute approximate surface area is 114 Å². The van der Waals surface area contributed by atoms with Gasteiger partial charge in [0.15, 0.2) is 0 Å². The molecule has 0 fully saturated rings. The number of hydrogen-bond acceptors (Lipinski definition) is 2. The molecule has 0 saturated carbocycles. The third-order valence-corrected chi connectivity index (χ3v) is 4.57. The summed E-state index contributed by atoms with van der Waals surface area (Å²) in [5.41, 5.74) is 2.00. The first-order valence-corrected chi connectivity index (χ1v) is 7.30. The summed E-state index contributed by atoms with van der Waals surface area (Å²) < 4.78 is 0. The molecule has 1 aliphatic rings. The van der Waals surface area contributed by atoms with Gasteiger partial charge in [-0.25, -0.2) is 0 Å². The molecular formula is C16H32N2. The van der Waals surface area contributed by atoms with Crippen molar-refractivity contribution in [3.8, 4) is 0 Å². The topological polar surface area (TPSA) is 15.3 Å². The van der Waals surface area contributed by atoms with E-state index >= 15 is 0 Å². The molecule has 2 nitrogen and oxygen atoms in total. The van der Waals surface area contributed by atoms with Crippen molar-refractivity contribution < 1.29 is 0 Å². The Morgan fingerprint density at radius 1 is 1.22 bits per heavy atom. The van der Waals surface area contributed by atoms with E-state index in [1.54, 1.807) is 0 Å². The van der Waals surface area contributed by atoms with E-state index in [4.69, 9.17) is 0 Å². The van der Waals surface area contributed by atoms with E-state index in [2.05, 4.69) is 71.8 Å². The summed E-state index contributed by atoms with van der Waals surface area (Å²) >= 11 is 0. The summed E-state index contributed by atoms with van der Waals surface area (Å²) in [6, 6.07) is 0. The SMILES string of the molecule is CCC(C)(CC)N(C)C1=CC(C)(C)NC(C)(C)C1. The molecule has 0 atom stereocenters. The lowest BCUT2D eigenvalue weighted by molar-refractivity contribution is 0.140. The molecule has 0 spiro atoms. The van der Waals surface area contributed by atoms with Crippen molar-refractivity contribution in [3.63, 3.8) is 0 Å². The fraction of sp³-hybridized carbons (Fsp3) is 0.875. The van der Waals surface area contributed by atoms with Gasteiger partial charge >= 0.3 is 0 Å². The van der Waals surface area contributed by atoms with Gasteiger partial charge < -0.3 is 10.2 Å². The normalized spacial score (nSPS) is 22.6. The molecule has 1 N–H and O–H groups in total. The van der Waals surface area contributed by atoms with Crippen molar-refractivity contribution in [2.75, 3.05) is 7.05 Å². The van der Waals surface area contributed by atoms with Crippen LogP contribution in [0.15, 0.2) is 11.8 Å². The average Bonchev–Trinajstić information content (AvgIpc) is 2.22. The lowest BCUT2D eigenvalue weighted by Gasteiger charge is -2.48. The van der Waals surface area contributed by atoms with Crippen LogP contribution in [0.25, 0.3) is 0 Å². The molecule has 0 saturated heterocycles. The summed E-state index contributed by atoms with van der Waals surface area (Å²) in [6.07, 6.45) is 5.88. The fourth-order valence-corrected chi connectivity index (χ4v) is 3.16. The van der Waals surface area contributed by atoms with Gasteiger partial charge in [-0.15, -0.1) is 0 Å². The summed E-state index contributed by atoms with van der Waals surface area (Å²) in [6.45, 7) is 16.1. The average molecular weight is 252 g/mol. The highest BCUT2D eigenvalue weighted by Gasteiger charge is 2.36. The van der Waals surface area contributed by atoms with Crippen LogP contribution in [-0.2, 0) is 0 Å². The maximum atomic E-state index is 3.70. The van der Waals surface area contributed by atoms with Gasteiger partial charge in [-0.2, -0.15) is 0 Å². The smallest absolute Gasteiger partial charge is 0.0362 e. The first-order valence-electron chi connectivity index (χ1n) is 7.30. The van der Waals surface area contributed by atoms with Gasteiger partial charge in [-0.3, -0.25) is 0 Å². The Hall–Kier alpha value is -0.500. The molecule has 0 aromatic carbocycles. The molecule has 0 aromatic rings. The van der Waals surface area contributed by atoms with Crippen LogP contribution < -0.4 is 5.32 Å². The second-order valence-corrected chi connectivity index (χ2v) is 7.31. The van der Waals surface area contributed by atoms with Gasteiger partial charge in [0.05, 0.1) is 0 Å². The molecule has 0 aliphatic carbocycles. The van der Waals surface area contributed by atoms with E-state index < -0.39 is 0 Å². The Morgan fingerprint density at radius 3 is 2.11 bits per heavy atom. The lowest BCUT2D eigenvalue weighted by atomic mass is 9.83. The molecule has 0 aromatic heterocycles. The minimum absolute atomic E-state index is 0.0771. The first-order chi connectivity index (χ1) is 8.05. The third-order valence-electron chi connectivity index (χ3n) is 4.57. The molecule has 1 rings (SSSR count). The minimum atomic E-state index is 0.0771. The second-order valence-electron chi connectivity index (χ2n) is 7.31. The van der Waals surface area contributed by atoms with Gasteiger partial charge in [0.25, 0.3) is 0 Å². The Bertz CT molecular complexity index is 322. The van der Waals surface area contributed by atoms with Crippen molar-refractivity contribution in [3.05, 3.63) is 11.8 Å². The molecule has 0 amide bonds. The zero-order valence-electron chi connectivity index (χ0n) is 13.6. The van der Waals surface area contributed by atoms with Crippen LogP contribution in [0.4, 0.5) is 0 Å². The molecule has 0 radical (unpaired) electrons. The van der Waals surface area contributed by atoms with Crippen LogP contribution >= 0.6 is 0 Å². The molecule has 1 heterocycles. The maximum Gasteiger partial charge on any atom is 0.0362 e.